The molecule has 1 fully saturated rings. The third-order valence-electron chi connectivity index (χ3n) is 4.07. The van der Waals surface area contributed by atoms with Gasteiger partial charge in [0.1, 0.15) is 29.0 Å². The van der Waals surface area contributed by atoms with Crippen molar-refractivity contribution in [1.82, 2.24) is 4.90 Å². The zero-order valence-corrected chi connectivity index (χ0v) is 19.1. The van der Waals surface area contributed by atoms with Gasteiger partial charge in [-0.1, -0.05) is 63.7 Å². The van der Waals surface area contributed by atoms with Crippen LogP contribution in [0.2, 0.25) is 0 Å². The first kappa shape index (κ1) is 21.6. The van der Waals surface area contributed by atoms with Crippen molar-refractivity contribution in [2.24, 2.45) is 0 Å². The Kier molecular flexibility index (Phi) is 7.52. The van der Waals surface area contributed by atoms with Crippen LogP contribution in [0.4, 0.5) is 0 Å². The van der Waals surface area contributed by atoms with Gasteiger partial charge in [-0.2, -0.15) is 0 Å². The number of carbonyl (C=O) groups excluding carboxylic acids is 1. The summed E-state index contributed by atoms with van der Waals surface area (Å²) >= 11 is 10.1. The van der Waals surface area contributed by atoms with E-state index >= 15 is 0 Å². The highest BCUT2D eigenvalue weighted by atomic mass is 79.9. The van der Waals surface area contributed by atoms with Gasteiger partial charge in [0.05, 0.1) is 4.91 Å². The molecule has 0 unspecified atom stereocenters. The fraction of sp³-hybridized carbons (Fsp3) is 0.182. The quantitative estimate of drug-likeness (QED) is 0.208. The molecule has 0 saturated carbocycles. The van der Waals surface area contributed by atoms with Gasteiger partial charge in [-0.05, 0) is 43.3 Å². The Bertz CT molecular complexity index is 957. The molecular weight excluding hydrogens is 470 g/mol. The number of hydrogen-bond donors (Lipinski definition) is 0. The summed E-state index contributed by atoms with van der Waals surface area (Å²) in [4.78, 5) is 14.7. The number of benzene rings is 2. The van der Waals surface area contributed by atoms with Crippen LogP contribution in [0.3, 0.4) is 0 Å². The highest BCUT2D eigenvalue weighted by Crippen LogP contribution is 2.35. The molecule has 1 aliphatic rings. The van der Waals surface area contributed by atoms with E-state index in [4.69, 9.17) is 21.7 Å². The Morgan fingerprint density at radius 3 is 2.62 bits per heavy atom. The monoisotopic (exact) mass is 489 g/mol. The van der Waals surface area contributed by atoms with E-state index < -0.39 is 0 Å². The molecule has 7 heteroatoms. The lowest BCUT2D eigenvalue weighted by molar-refractivity contribution is -0.121. The standard InChI is InChI=1S/C22H20BrNO3S2/c1-3-10-24-21(25)20(29-22(24)28)14-16-13-17(23)6-9-19(16)27-12-11-26-18-7-4-15(2)5-8-18/h3-9,13-14H,1,10-12H2,2H3/b20-14-. The predicted molar refractivity (Wildman–Crippen MR) is 126 cm³/mol. The van der Waals surface area contributed by atoms with E-state index in [1.165, 1.54) is 22.2 Å². The number of carbonyl (C=O) groups is 1. The number of thiocarbonyl (C=S) groups is 1. The smallest absolute Gasteiger partial charge is 0.266 e. The van der Waals surface area contributed by atoms with Crippen molar-refractivity contribution >= 4 is 56.2 Å². The van der Waals surface area contributed by atoms with E-state index in [-0.39, 0.29) is 5.91 Å². The van der Waals surface area contributed by atoms with Crippen molar-refractivity contribution in [2.75, 3.05) is 19.8 Å². The van der Waals surface area contributed by atoms with Crippen LogP contribution >= 0.6 is 39.9 Å². The fourth-order valence-corrected chi connectivity index (χ4v) is 4.28. The van der Waals surface area contributed by atoms with Gasteiger partial charge in [0.2, 0.25) is 0 Å². The average molecular weight is 490 g/mol. The number of nitrogens with zero attached hydrogens (tertiary/aromatic N) is 1. The normalized spacial score (nSPS) is 15.1. The maximum Gasteiger partial charge on any atom is 0.266 e. The highest BCUT2D eigenvalue weighted by molar-refractivity contribution is 9.10. The Balaban J connectivity index is 1.68. The van der Waals surface area contributed by atoms with Crippen LogP contribution in [0, 0.1) is 6.92 Å². The van der Waals surface area contributed by atoms with E-state index in [1.54, 1.807) is 6.08 Å². The summed E-state index contributed by atoms with van der Waals surface area (Å²) in [5.41, 5.74) is 1.99. The molecule has 0 N–H and O–H groups in total. The van der Waals surface area contributed by atoms with E-state index in [0.717, 1.165) is 15.8 Å². The average Bonchev–Trinajstić information content (AvgIpc) is 2.96. The van der Waals surface area contributed by atoms with Crippen molar-refractivity contribution in [3.63, 3.8) is 0 Å². The maximum absolute atomic E-state index is 12.6. The number of hydrogen-bond acceptors (Lipinski definition) is 5. The first-order valence-corrected chi connectivity index (χ1v) is 11.0. The first-order valence-electron chi connectivity index (χ1n) is 8.96. The Morgan fingerprint density at radius 1 is 1.17 bits per heavy atom. The SMILES string of the molecule is C=CCN1C(=O)/C(=C/c2cc(Br)ccc2OCCOc2ccc(C)cc2)SC1=S. The molecule has 4 nitrogen and oxygen atoms in total. The van der Waals surface area contributed by atoms with Crippen LogP contribution in [0.5, 0.6) is 11.5 Å². The number of halogens is 1. The second-order valence-electron chi connectivity index (χ2n) is 6.27. The van der Waals surface area contributed by atoms with Gasteiger partial charge < -0.3 is 9.47 Å². The van der Waals surface area contributed by atoms with Gasteiger partial charge in [-0.25, -0.2) is 0 Å². The van der Waals surface area contributed by atoms with E-state index in [1.807, 2.05) is 55.5 Å². The van der Waals surface area contributed by atoms with Crippen LogP contribution < -0.4 is 9.47 Å². The van der Waals surface area contributed by atoms with Crippen molar-refractivity contribution in [3.05, 3.63) is 75.6 Å². The van der Waals surface area contributed by atoms with Crippen LogP contribution in [0.25, 0.3) is 6.08 Å². The molecule has 29 heavy (non-hydrogen) atoms. The van der Waals surface area contributed by atoms with Gasteiger partial charge in [-0.15, -0.1) is 6.58 Å². The summed E-state index contributed by atoms with van der Waals surface area (Å²) in [7, 11) is 0. The first-order chi connectivity index (χ1) is 14.0. The lowest BCUT2D eigenvalue weighted by Crippen LogP contribution is -2.27. The molecular formula is C22H20BrNO3S2. The van der Waals surface area contributed by atoms with E-state index in [9.17, 15) is 4.79 Å². The minimum absolute atomic E-state index is 0.117. The second-order valence-corrected chi connectivity index (χ2v) is 8.86. The maximum atomic E-state index is 12.6. The van der Waals surface area contributed by atoms with Crippen LogP contribution in [0.1, 0.15) is 11.1 Å². The number of thioether (sulfide) groups is 1. The summed E-state index contributed by atoms with van der Waals surface area (Å²) in [5.74, 6) is 1.37. The number of amides is 1. The number of ether oxygens (including phenoxy) is 2. The largest absolute Gasteiger partial charge is 0.490 e. The molecule has 2 aromatic rings. The van der Waals surface area contributed by atoms with Gasteiger partial charge in [0, 0.05) is 16.6 Å². The minimum Gasteiger partial charge on any atom is -0.490 e. The molecule has 0 bridgehead atoms. The molecule has 0 aliphatic carbocycles. The summed E-state index contributed by atoms with van der Waals surface area (Å²) in [6.45, 7) is 6.91. The van der Waals surface area contributed by atoms with Crippen molar-refractivity contribution in [1.29, 1.82) is 0 Å². The molecule has 1 aliphatic heterocycles. The molecule has 3 rings (SSSR count). The topological polar surface area (TPSA) is 38.8 Å². The van der Waals surface area contributed by atoms with Crippen LogP contribution in [-0.2, 0) is 4.79 Å². The second kappa shape index (κ2) is 10.1. The van der Waals surface area contributed by atoms with Crippen LogP contribution in [-0.4, -0.2) is 34.9 Å². The molecule has 0 radical (unpaired) electrons. The summed E-state index contributed by atoms with van der Waals surface area (Å²) in [5, 5.41) is 0. The molecule has 150 valence electrons. The van der Waals surface area contributed by atoms with E-state index in [0.29, 0.717) is 34.7 Å². The van der Waals surface area contributed by atoms with Gasteiger partial charge in [-0.3, -0.25) is 9.69 Å². The molecule has 2 aromatic carbocycles. The van der Waals surface area contributed by atoms with Gasteiger partial charge in [0.15, 0.2) is 0 Å². The summed E-state index contributed by atoms with van der Waals surface area (Å²) < 4.78 is 13.1. The molecule has 1 heterocycles. The number of rotatable bonds is 8. The lowest BCUT2D eigenvalue weighted by atomic mass is 10.2. The van der Waals surface area contributed by atoms with E-state index in [2.05, 4.69) is 22.5 Å². The Labute approximate surface area is 188 Å². The fourth-order valence-electron chi connectivity index (χ4n) is 2.64. The van der Waals surface area contributed by atoms with Gasteiger partial charge in [0.25, 0.3) is 5.91 Å². The van der Waals surface area contributed by atoms with Crippen molar-refractivity contribution in [3.8, 4) is 11.5 Å². The summed E-state index contributed by atoms with van der Waals surface area (Å²) in [6, 6.07) is 13.6. The highest BCUT2D eigenvalue weighted by Gasteiger charge is 2.31. The van der Waals surface area contributed by atoms with Crippen molar-refractivity contribution in [2.45, 2.75) is 6.92 Å². The number of aryl methyl sites for hydroxylation is 1. The molecule has 0 atom stereocenters. The molecule has 1 amide bonds. The zero-order valence-electron chi connectivity index (χ0n) is 15.9. The lowest BCUT2D eigenvalue weighted by Gasteiger charge is -2.12. The predicted octanol–water partition coefficient (Wildman–Crippen LogP) is 5.60. The van der Waals surface area contributed by atoms with Crippen LogP contribution in [0.15, 0.2) is 64.5 Å². The molecule has 0 aromatic heterocycles. The Hall–Kier alpha value is -2.09. The van der Waals surface area contributed by atoms with Crippen molar-refractivity contribution < 1.29 is 14.3 Å². The Morgan fingerprint density at radius 2 is 1.90 bits per heavy atom. The minimum atomic E-state index is -0.117. The summed E-state index contributed by atoms with van der Waals surface area (Å²) in [6.07, 6.45) is 3.47. The third-order valence-corrected chi connectivity index (χ3v) is 5.95. The molecule has 0 spiro atoms. The van der Waals surface area contributed by atoms with Gasteiger partial charge >= 0.3 is 0 Å². The third kappa shape index (κ3) is 5.72. The molecule has 1 saturated heterocycles. The zero-order chi connectivity index (χ0) is 20.8.